The van der Waals surface area contributed by atoms with E-state index >= 15 is 0 Å². The molecule has 3 N–H and O–H groups in total. The van der Waals surface area contributed by atoms with Gasteiger partial charge in [-0.1, -0.05) is 5.21 Å². The van der Waals surface area contributed by atoms with Crippen molar-refractivity contribution in [1.82, 2.24) is 20.6 Å². The largest absolute Gasteiger partial charge is 0.328 e. The van der Waals surface area contributed by atoms with Crippen LogP contribution in [0.1, 0.15) is 31.5 Å². The molecule has 2 rings (SSSR count). The molecular formula is C8H15N5. The molecule has 0 atom stereocenters. The molecule has 0 unspecified atom stereocenters. The molecule has 1 aromatic heterocycles. The van der Waals surface area contributed by atoms with Crippen molar-refractivity contribution in [1.29, 1.82) is 0 Å². The molecular weight excluding hydrogens is 166 g/mol. The van der Waals surface area contributed by atoms with Crippen molar-refractivity contribution in [3.05, 3.63) is 5.82 Å². The standard InChI is InChI=1S/C8H15N5/c9-7-3-1-6(2-4-7)5-8-10-12-13-11-8/h6-7H,1-5,9H2,(H,10,11,12,13). The molecule has 1 fully saturated rings. The minimum absolute atomic E-state index is 0.418. The van der Waals surface area contributed by atoms with Crippen LogP contribution >= 0.6 is 0 Å². The summed E-state index contributed by atoms with van der Waals surface area (Å²) in [6, 6.07) is 0.418. The highest BCUT2D eigenvalue weighted by molar-refractivity contribution is 4.84. The van der Waals surface area contributed by atoms with Gasteiger partial charge in [0.2, 0.25) is 0 Å². The van der Waals surface area contributed by atoms with Crippen molar-refractivity contribution in [3.63, 3.8) is 0 Å². The summed E-state index contributed by atoms with van der Waals surface area (Å²) in [5.74, 6) is 1.54. The van der Waals surface area contributed by atoms with E-state index in [2.05, 4.69) is 20.6 Å². The number of tetrazole rings is 1. The molecule has 1 aliphatic rings. The number of hydrogen-bond donors (Lipinski definition) is 2. The Bertz CT molecular complexity index is 237. The zero-order chi connectivity index (χ0) is 9.10. The first-order chi connectivity index (χ1) is 6.34. The van der Waals surface area contributed by atoms with Crippen LogP contribution in [0.25, 0.3) is 0 Å². The summed E-state index contributed by atoms with van der Waals surface area (Å²) in [4.78, 5) is 0. The Hall–Kier alpha value is -0.970. The summed E-state index contributed by atoms with van der Waals surface area (Å²) < 4.78 is 0. The van der Waals surface area contributed by atoms with Crippen LogP contribution in [0.15, 0.2) is 0 Å². The normalized spacial score (nSPS) is 29.0. The van der Waals surface area contributed by atoms with Crippen molar-refractivity contribution in [2.75, 3.05) is 0 Å². The molecule has 1 aromatic rings. The number of nitrogens with two attached hydrogens (primary N) is 1. The third-order valence-corrected chi connectivity index (χ3v) is 2.75. The minimum Gasteiger partial charge on any atom is -0.328 e. The van der Waals surface area contributed by atoms with Crippen molar-refractivity contribution < 1.29 is 0 Å². The second kappa shape index (κ2) is 3.83. The molecule has 0 radical (unpaired) electrons. The van der Waals surface area contributed by atoms with E-state index in [9.17, 15) is 0 Å². The molecule has 0 aromatic carbocycles. The summed E-state index contributed by atoms with van der Waals surface area (Å²) in [7, 11) is 0. The number of H-pyrrole nitrogens is 1. The maximum Gasteiger partial charge on any atom is 0.174 e. The van der Waals surface area contributed by atoms with Crippen LogP contribution in [0.4, 0.5) is 0 Å². The average molecular weight is 181 g/mol. The summed E-state index contributed by atoms with van der Waals surface area (Å²) in [6.07, 6.45) is 5.64. The van der Waals surface area contributed by atoms with Crippen LogP contribution in [0.5, 0.6) is 0 Å². The lowest BCUT2D eigenvalue weighted by Gasteiger charge is -2.24. The average Bonchev–Trinajstić information content (AvgIpc) is 2.62. The van der Waals surface area contributed by atoms with Gasteiger partial charge in [-0.25, -0.2) is 0 Å². The first-order valence-electron chi connectivity index (χ1n) is 4.82. The van der Waals surface area contributed by atoms with Gasteiger partial charge in [0, 0.05) is 12.5 Å². The highest BCUT2D eigenvalue weighted by Gasteiger charge is 2.19. The molecule has 0 bridgehead atoms. The van der Waals surface area contributed by atoms with Gasteiger partial charge in [-0.05, 0) is 31.6 Å². The van der Waals surface area contributed by atoms with Gasteiger partial charge in [0.1, 0.15) is 0 Å². The predicted octanol–water partition coefficient (Wildman–Crippen LogP) is 0.260. The monoisotopic (exact) mass is 181 g/mol. The number of nitrogens with one attached hydrogen (secondary N) is 1. The van der Waals surface area contributed by atoms with E-state index in [0.717, 1.165) is 25.1 Å². The predicted molar refractivity (Wildman–Crippen MR) is 47.8 cm³/mol. The van der Waals surface area contributed by atoms with E-state index in [-0.39, 0.29) is 0 Å². The maximum absolute atomic E-state index is 5.82. The highest BCUT2D eigenvalue weighted by atomic mass is 15.5. The van der Waals surface area contributed by atoms with Crippen molar-refractivity contribution in [2.45, 2.75) is 38.1 Å². The van der Waals surface area contributed by atoms with Crippen molar-refractivity contribution in [2.24, 2.45) is 11.7 Å². The molecule has 1 aliphatic carbocycles. The third-order valence-electron chi connectivity index (χ3n) is 2.75. The lowest BCUT2D eigenvalue weighted by Crippen LogP contribution is -2.27. The van der Waals surface area contributed by atoms with Gasteiger partial charge in [-0.2, -0.15) is 5.21 Å². The van der Waals surface area contributed by atoms with Gasteiger partial charge in [0.05, 0.1) is 0 Å². The summed E-state index contributed by atoms with van der Waals surface area (Å²) >= 11 is 0. The summed E-state index contributed by atoms with van der Waals surface area (Å²) in [6.45, 7) is 0. The number of aromatic nitrogens is 4. The third kappa shape index (κ3) is 2.24. The van der Waals surface area contributed by atoms with E-state index in [4.69, 9.17) is 5.73 Å². The number of hydrogen-bond acceptors (Lipinski definition) is 4. The number of nitrogens with zero attached hydrogens (tertiary/aromatic N) is 3. The van der Waals surface area contributed by atoms with E-state index in [1.807, 2.05) is 0 Å². The SMILES string of the molecule is NC1CCC(Cc2nn[nH]n2)CC1. The second-order valence-electron chi connectivity index (χ2n) is 3.81. The van der Waals surface area contributed by atoms with Gasteiger partial charge >= 0.3 is 0 Å². The fourth-order valence-electron chi connectivity index (χ4n) is 1.92. The molecule has 0 saturated heterocycles. The fraction of sp³-hybridized carbons (Fsp3) is 0.875. The van der Waals surface area contributed by atoms with Crippen LogP contribution in [-0.2, 0) is 6.42 Å². The zero-order valence-electron chi connectivity index (χ0n) is 7.61. The highest BCUT2D eigenvalue weighted by Crippen LogP contribution is 2.25. The minimum atomic E-state index is 0.418. The molecule has 0 amide bonds. The van der Waals surface area contributed by atoms with Crippen molar-refractivity contribution >= 4 is 0 Å². The number of rotatable bonds is 2. The van der Waals surface area contributed by atoms with Gasteiger partial charge in [0.15, 0.2) is 5.82 Å². The Kier molecular flexibility index (Phi) is 2.54. The van der Waals surface area contributed by atoms with E-state index in [1.165, 1.54) is 12.8 Å². The first kappa shape index (κ1) is 8.62. The van der Waals surface area contributed by atoms with Gasteiger partial charge in [0.25, 0.3) is 0 Å². The topological polar surface area (TPSA) is 80.5 Å². The molecule has 1 saturated carbocycles. The summed E-state index contributed by atoms with van der Waals surface area (Å²) in [5, 5.41) is 13.9. The van der Waals surface area contributed by atoms with Crippen molar-refractivity contribution in [3.8, 4) is 0 Å². The Balaban J connectivity index is 1.83. The number of aromatic amines is 1. The molecule has 1 heterocycles. The lowest BCUT2D eigenvalue weighted by molar-refractivity contribution is 0.321. The Morgan fingerprint density at radius 3 is 2.69 bits per heavy atom. The molecule has 72 valence electrons. The van der Waals surface area contributed by atoms with Crippen LogP contribution in [-0.4, -0.2) is 26.7 Å². The Morgan fingerprint density at radius 1 is 1.31 bits per heavy atom. The molecule has 0 spiro atoms. The van der Waals surface area contributed by atoms with Crippen LogP contribution in [0, 0.1) is 5.92 Å². The summed E-state index contributed by atoms with van der Waals surface area (Å²) in [5.41, 5.74) is 5.82. The Labute approximate surface area is 77.1 Å². The second-order valence-corrected chi connectivity index (χ2v) is 3.81. The quantitative estimate of drug-likeness (QED) is 0.685. The van der Waals surface area contributed by atoms with Crippen LogP contribution in [0.2, 0.25) is 0 Å². The molecule has 5 nitrogen and oxygen atoms in total. The van der Waals surface area contributed by atoms with Gasteiger partial charge in [-0.15, -0.1) is 10.2 Å². The van der Waals surface area contributed by atoms with Crippen LogP contribution in [0.3, 0.4) is 0 Å². The lowest BCUT2D eigenvalue weighted by atomic mass is 9.84. The zero-order valence-corrected chi connectivity index (χ0v) is 7.61. The van der Waals surface area contributed by atoms with Gasteiger partial charge < -0.3 is 5.73 Å². The fourth-order valence-corrected chi connectivity index (χ4v) is 1.92. The maximum atomic E-state index is 5.82. The van der Waals surface area contributed by atoms with E-state index < -0.39 is 0 Å². The molecule has 13 heavy (non-hydrogen) atoms. The molecule has 0 aliphatic heterocycles. The smallest absolute Gasteiger partial charge is 0.174 e. The first-order valence-corrected chi connectivity index (χ1v) is 4.82. The van der Waals surface area contributed by atoms with E-state index in [0.29, 0.717) is 12.0 Å². The molecule has 5 heteroatoms. The van der Waals surface area contributed by atoms with Crippen LogP contribution < -0.4 is 5.73 Å². The Morgan fingerprint density at radius 2 is 2.08 bits per heavy atom. The van der Waals surface area contributed by atoms with E-state index in [1.54, 1.807) is 0 Å². The van der Waals surface area contributed by atoms with Gasteiger partial charge in [-0.3, -0.25) is 0 Å².